The fraction of sp³-hybridized carbons (Fsp3) is 0.143. The van der Waals surface area contributed by atoms with Gasteiger partial charge in [0.25, 0.3) is 5.91 Å². The van der Waals surface area contributed by atoms with Crippen molar-refractivity contribution in [2.75, 3.05) is 7.11 Å². The number of rotatable bonds is 5. The molecular formula is C21H18BrCl2N3O2. The van der Waals surface area contributed by atoms with Crippen LogP contribution in [0.3, 0.4) is 0 Å². The molecule has 8 heteroatoms. The van der Waals surface area contributed by atoms with Crippen LogP contribution in [0.2, 0.25) is 10.0 Å². The van der Waals surface area contributed by atoms with Gasteiger partial charge in [-0.25, -0.2) is 5.43 Å². The van der Waals surface area contributed by atoms with E-state index in [9.17, 15) is 4.79 Å². The summed E-state index contributed by atoms with van der Waals surface area (Å²) in [6.07, 6.45) is 1.60. The summed E-state index contributed by atoms with van der Waals surface area (Å²) < 4.78 is 8.00. The number of hydrazone groups is 1. The van der Waals surface area contributed by atoms with Crippen molar-refractivity contribution < 1.29 is 9.53 Å². The fourth-order valence-corrected chi connectivity index (χ4v) is 3.75. The molecule has 0 unspecified atom stereocenters. The topological polar surface area (TPSA) is 55.6 Å². The van der Waals surface area contributed by atoms with Crippen LogP contribution in [0.5, 0.6) is 5.75 Å². The Morgan fingerprint density at radius 2 is 1.93 bits per heavy atom. The highest BCUT2D eigenvalue weighted by molar-refractivity contribution is 9.10. The van der Waals surface area contributed by atoms with E-state index >= 15 is 0 Å². The first-order valence-corrected chi connectivity index (χ1v) is 10.2. The first-order valence-electron chi connectivity index (χ1n) is 8.63. The van der Waals surface area contributed by atoms with Crippen molar-refractivity contribution in [3.63, 3.8) is 0 Å². The van der Waals surface area contributed by atoms with E-state index in [2.05, 4.69) is 26.5 Å². The Morgan fingerprint density at radius 3 is 2.66 bits per heavy atom. The highest BCUT2D eigenvalue weighted by Crippen LogP contribution is 2.28. The minimum Gasteiger partial charge on any atom is -0.496 e. The van der Waals surface area contributed by atoms with Crippen molar-refractivity contribution in [2.45, 2.75) is 13.8 Å². The van der Waals surface area contributed by atoms with Crippen molar-refractivity contribution in [2.24, 2.45) is 5.10 Å². The molecule has 0 spiro atoms. The van der Waals surface area contributed by atoms with E-state index in [1.807, 2.05) is 30.5 Å². The highest BCUT2D eigenvalue weighted by Gasteiger charge is 2.14. The third kappa shape index (κ3) is 4.66. The standard InChI is InChI=1S/C21H18BrCl2N3O2/c1-12-8-14(13(2)27(12)19-10-16(23)5-6-18(19)24)11-25-26-21(28)17-9-15(22)4-7-20(17)29-3/h4-11H,1-3H3,(H,26,28)/b25-11-. The number of benzene rings is 2. The number of nitrogens with one attached hydrogen (secondary N) is 1. The second-order valence-corrected chi connectivity index (χ2v) is 8.06. The van der Waals surface area contributed by atoms with Crippen LogP contribution < -0.4 is 10.2 Å². The zero-order valence-corrected chi connectivity index (χ0v) is 19.1. The number of carbonyl (C=O) groups is 1. The minimum absolute atomic E-state index is 0.369. The summed E-state index contributed by atoms with van der Waals surface area (Å²) in [6, 6.07) is 12.5. The molecule has 29 heavy (non-hydrogen) atoms. The molecule has 0 aliphatic heterocycles. The lowest BCUT2D eigenvalue weighted by Gasteiger charge is -2.12. The maximum absolute atomic E-state index is 12.5. The van der Waals surface area contributed by atoms with Crippen LogP contribution in [0.25, 0.3) is 5.69 Å². The van der Waals surface area contributed by atoms with Gasteiger partial charge in [0, 0.05) is 26.4 Å². The quantitative estimate of drug-likeness (QED) is 0.352. The van der Waals surface area contributed by atoms with E-state index in [-0.39, 0.29) is 5.91 Å². The summed E-state index contributed by atoms with van der Waals surface area (Å²) in [5.41, 5.74) is 6.45. The molecule has 2 aromatic carbocycles. The summed E-state index contributed by atoms with van der Waals surface area (Å²) in [6.45, 7) is 3.91. The molecule has 150 valence electrons. The number of aryl methyl sites for hydroxylation is 1. The first kappa shape index (κ1) is 21.4. The number of hydrogen-bond donors (Lipinski definition) is 1. The van der Waals surface area contributed by atoms with Gasteiger partial charge in [0.2, 0.25) is 0 Å². The SMILES string of the molecule is COc1ccc(Br)cc1C(=O)N/N=C\c1cc(C)n(-c2cc(Cl)ccc2Cl)c1C. The number of carbonyl (C=O) groups excluding carboxylic acids is 1. The number of methoxy groups -OCH3 is 1. The van der Waals surface area contributed by atoms with E-state index in [0.29, 0.717) is 21.4 Å². The largest absolute Gasteiger partial charge is 0.496 e. The van der Waals surface area contributed by atoms with Crippen molar-refractivity contribution in [3.05, 3.63) is 79.5 Å². The van der Waals surface area contributed by atoms with Crippen LogP contribution >= 0.6 is 39.1 Å². The zero-order chi connectivity index (χ0) is 21.1. The molecule has 5 nitrogen and oxygen atoms in total. The van der Waals surface area contributed by atoms with E-state index < -0.39 is 0 Å². The Hall–Kier alpha value is -2.28. The summed E-state index contributed by atoms with van der Waals surface area (Å²) in [5.74, 6) is 0.0979. The van der Waals surface area contributed by atoms with Crippen LogP contribution in [-0.4, -0.2) is 23.8 Å². The van der Waals surface area contributed by atoms with Crippen molar-refractivity contribution in [3.8, 4) is 11.4 Å². The molecule has 1 N–H and O–H groups in total. The van der Waals surface area contributed by atoms with Crippen LogP contribution in [0.1, 0.15) is 27.3 Å². The Labute approximate surface area is 187 Å². The normalized spacial score (nSPS) is 11.1. The molecular weight excluding hydrogens is 477 g/mol. The van der Waals surface area contributed by atoms with Crippen LogP contribution in [0.4, 0.5) is 0 Å². The molecule has 0 fully saturated rings. The van der Waals surface area contributed by atoms with Gasteiger partial charge in [-0.2, -0.15) is 5.10 Å². The van der Waals surface area contributed by atoms with Gasteiger partial charge >= 0.3 is 0 Å². The maximum Gasteiger partial charge on any atom is 0.275 e. The summed E-state index contributed by atoms with van der Waals surface area (Å²) >= 11 is 15.8. The predicted molar refractivity (Wildman–Crippen MR) is 121 cm³/mol. The average molecular weight is 495 g/mol. The first-order chi connectivity index (χ1) is 13.8. The van der Waals surface area contributed by atoms with E-state index in [0.717, 1.165) is 27.1 Å². The number of amides is 1. The molecule has 1 heterocycles. The van der Waals surface area contributed by atoms with Gasteiger partial charge in [-0.15, -0.1) is 0 Å². The molecule has 1 amide bonds. The van der Waals surface area contributed by atoms with Crippen molar-refractivity contribution in [1.29, 1.82) is 0 Å². The Morgan fingerprint density at radius 1 is 1.17 bits per heavy atom. The van der Waals surface area contributed by atoms with Crippen LogP contribution in [0, 0.1) is 13.8 Å². The fourth-order valence-electron chi connectivity index (χ4n) is 3.02. The summed E-state index contributed by atoms with van der Waals surface area (Å²) in [4.78, 5) is 12.5. The van der Waals surface area contributed by atoms with Gasteiger partial charge in [-0.3, -0.25) is 4.79 Å². The molecule has 1 aromatic heterocycles. The molecule has 3 aromatic rings. The highest BCUT2D eigenvalue weighted by atomic mass is 79.9. The van der Waals surface area contributed by atoms with Gasteiger partial charge in [-0.1, -0.05) is 39.1 Å². The Balaban J connectivity index is 1.85. The average Bonchev–Trinajstić information content (AvgIpc) is 2.97. The van der Waals surface area contributed by atoms with Crippen LogP contribution in [-0.2, 0) is 0 Å². The zero-order valence-electron chi connectivity index (χ0n) is 16.0. The van der Waals surface area contributed by atoms with Gasteiger partial charge < -0.3 is 9.30 Å². The molecule has 0 radical (unpaired) electrons. The van der Waals surface area contributed by atoms with Gasteiger partial charge in [-0.05, 0) is 56.3 Å². The van der Waals surface area contributed by atoms with Crippen LogP contribution in [0.15, 0.2) is 52.0 Å². The molecule has 0 saturated carbocycles. The molecule has 0 atom stereocenters. The second kappa shape index (κ2) is 9.03. The number of nitrogens with zero attached hydrogens (tertiary/aromatic N) is 2. The monoisotopic (exact) mass is 493 g/mol. The number of hydrogen-bond acceptors (Lipinski definition) is 3. The lowest BCUT2D eigenvalue weighted by atomic mass is 10.2. The number of ether oxygens (including phenoxy) is 1. The van der Waals surface area contributed by atoms with Gasteiger partial charge in [0.1, 0.15) is 5.75 Å². The molecule has 0 saturated heterocycles. The van der Waals surface area contributed by atoms with E-state index in [1.54, 1.807) is 36.5 Å². The molecule has 3 rings (SSSR count). The molecule has 0 bridgehead atoms. The van der Waals surface area contributed by atoms with Gasteiger partial charge in [0.15, 0.2) is 0 Å². The van der Waals surface area contributed by atoms with Crippen molar-refractivity contribution in [1.82, 2.24) is 9.99 Å². The summed E-state index contributed by atoms with van der Waals surface area (Å²) in [5, 5.41) is 5.30. The number of aromatic nitrogens is 1. The minimum atomic E-state index is -0.369. The van der Waals surface area contributed by atoms with Gasteiger partial charge in [0.05, 0.1) is 29.6 Å². The Bertz CT molecular complexity index is 1110. The summed E-state index contributed by atoms with van der Waals surface area (Å²) in [7, 11) is 1.51. The van der Waals surface area contributed by atoms with Crippen molar-refractivity contribution >= 4 is 51.3 Å². The van der Waals surface area contributed by atoms with E-state index in [4.69, 9.17) is 27.9 Å². The Kier molecular flexibility index (Phi) is 6.67. The third-order valence-corrected chi connectivity index (χ3v) is 5.44. The smallest absolute Gasteiger partial charge is 0.275 e. The molecule has 0 aliphatic rings. The second-order valence-electron chi connectivity index (χ2n) is 6.30. The third-order valence-electron chi connectivity index (χ3n) is 4.40. The maximum atomic E-state index is 12.5. The lowest BCUT2D eigenvalue weighted by Crippen LogP contribution is -2.18. The predicted octanol–water partition coefficient (Wildman–Crippen LogP) is 5.94. The molecule has 0 aliphatic carbocycles. The van der Waals surface area contributed by atoms with E-state index in [1.165, 1.54) is 7.11 Å². The lowest BCUT2D eigenvalue weighted by molar-refractivity contribution is 0.0952. The number of halogens is 3.